The molecule has 2 heterocycles. The Morgan fingerprint density at radius 1 is 0.789 bits per heavy atom. The maximum Gasteiger partial charge on any atom is 0.0980 e. The first kappa shape index (κ1) is 12.7. The average Bonchev–Trinajstić information content (AvgIpc) is 2.37. The molecule has 2 aromatic heterocycles. The summed E-state index contributed by atoms with van der Waals surface area (Å²) in [7, 11) is 0. The van der Waals surface area contributed by atoms with Gasteiger partial charge in [0.2, 0.25) is 0 Å². The van der Waals surface area contributed by atoms with Gasteiger partial charge >= 0.3 is 0 Å². The molecule has 0 radical (unpaired) electrons. The molecule has 19 heavy (non-hydrogen) atoms. The smallest absolute Gasteiger partial charge is 0.0980 e. The molecular formula is C14H7Cl3N2. The number of benzene rings is 1. The maximum absolute atomic E-state index is 6.16. The van der Waals surface area contributed by atoms with Gasteiger partial charge in [-0.3, -0.25) is 9.97 Å². The van der Waals surface area contributed by atoms with E-state index in [4.69, 9.17) is 34.8 Å². The number of halogens is 3. The lowest BCUT2D eigenvalue weighted by atomic mass is 10.1. The lowest BCUT2D eigenvalue weighted by Gasteiger charge is -2.07. The highest BCUT2D eigenvalue weighted by Gasteiger charge is 2.10. The summed E-state index contributed by atoms with van der Waals surface area (Å²) in [5, 5.41) is 2.61. The molecule has 94 valence electrons. The molecule has 3 aromatic rings. The van der Waals surface area contributed by atoms with Crippen molar-refractivity contribution in [1.82, 2.24) is 9.97 Å². The molecular weight excluding hydrogens is 303 g/mol. The normalized spacial score (nSPS) is 10.9. The zero-order chi connectivity index (χ0) is 13.4. The Morgan fingerprint density at radius 3 is 2.21 bits per heavy atom. The number of pyridine rings is 2. The Labute approximate surface area is 125 Å². The number of rotatable bonds is 1. The largest absolute Gasteiger partial charge is 0.254 e. The van der Waals surface area contributed by atoms with Gasteiger partial charge in [-0.25, -0.2) is 0 Å². The molecule has 0 saturated heterocycles. The minimum absolute atomic E-state index is 0.559. The molecule has 0 fully saturated rings. The van der Waals surface area contributed by atoms with Crippen molar-refractivity contribution >= 4 is 45.7 Å². The number of aromatic nitrogens is 2. The second-order valence-corrected chi connectivity index (χ2v) is 5.29. The standard InChI is InChI=1S/C14H7Cl3N2/c15-9-5-8(6-10(16)7-9)13-14-11(1-3-18-13)12(17)2-4-19-14/h1-7H. The van der Waals surface area contributed by atoms with E-state index in [9.17, 15) is 0 Å². The van der Waals surface area contributed by atoms with Crippen LogP contribution in [0.4, 0.5) is 0 Å². The monoisotopic (exact) mass is 308 g/mol. The molecule has 1 aromatic carbocycles. The minimum atomic E-state index is 0.559. The van der Waals surface area contributed by atoms with Crippen LogP contribution in [0.3, 0.4) is 0 Å². The van der Waals surface area contributed by atoms with Crippen LogP contribution < -0.4 is 0 Å². The van der Waals surface area contributed by atoms with E-state index < -0.39 is 0 Å². The highest BCUT2D eigenvalue weighted by atomic mass is 35.5. The van der Waals surface area contributed by atoms with Crippen molar-refractivity contribution in [2.45, 2.75) is 0 Å². The van der Waals surface area contributed by atoms with Crippen LogP contribution in [-0.4, -0.2) is 9.97 Å². The molecule has 0 spiro atoms. The van der Waals surface area contributed by atoms with E-state index >= 15 is 0 Å². The van der Waals surface area contributed by atoms with Crippen molar-refractivity contribution in [3.05, 3.63) is 57.8 Å². The number of hydrogen-bond acceptors (Lipinski definition) is 2. The Bertz CT molecular complexity index is 751. The topological polar surface area (TPSA) is 25.8 Å². The van der Waals surface area contributed by atoms with Gasteiger partial charge in [-0.1, -0.05) is 34.8 Å². The fourth-order valence-electron chi connectivity index (χ4n) is 1.95. The first-order chi connectivity index (χ1) is 9.15. The van der Waals surface area contributed by atoms with Gasteiger partial charge in [0, 0.05) is 33.4 Å². The quantitative estimate of drug-likeness (QED) is 0.613. The van der Waals surface area contributed by atoms with Gasteiger partial charge in [-0.05, 0) is 30.3 Å². The Hall–Kier alpha value is -1.35. The second kappa shape index (κ2) is 4.97. The summed E-state index contributed by atoms with van der Waals surface area (Å²) in [5.74, 6) is 0. The van der Waals surface area contributed by atoms with Crippen LogP contribution in [0.2, 0.25) is 15.1 Å². The summed E-state index contributed by atoms with van der Waals surface area (Å²) in [5.41, 5.74) is 2.26. The molecule has 5 heteroatoms. The van der Waals surface area contributed by atoms with Crippen molar-refractivity contribution in [3.8, 4) is 11.3 Å². The summed E-state index contributed by atoms with van der Waals surface area (Å²) >= 11 is 18.2. The fourth-order valence-corrected chi connectivity index (χ4v) is 2.68. The number of fused-ring (bicyclic) bond motifs is 1. The predicted octanol–water partition coefficient (Wildman–Crippen LogP) is 5.26. The van der Waals surface area contributed by atoms with Gasteiger partial charge in [0.15, 0.2) is 0 Å². The van der Waals surface area contributed by atoms with Crippen LogP contribution in [-0.2, 0) is 0 Å². The Balaban J connectivity index is 2.33. The van der Waals surface area contributed by atoms with Gasteiger partial charge < -0.3 is 0 Å². The van der Waals surface area contributed by atoms with Crippen LogP contribution in [0, 0.1) is 0 Å². The van der Waals surface area contributed by atoms with Gasteiger partial charge in [0.05, 0.1) is 16.2 Å². The summed E-state index contributed by atoms with van der Waals surface area (Å²) in [6.45, 7) is 0. The van der Waals surface area contributed by atoms with Crippen LogP contribution >= 0.6 is 34.8 Å². The Kier molecular flexibility index (Phi) is 3.31. The molecule has 0 bridgehead atoms. The van der Waals surface area contributed by atoms with Crippen molar-refractivity contribution in [3.63, 3.8) is 0 Å². The van der Waals surface area contributed by atoms with Gasteiger partial charge in [0.1, 0.15) is 0 Å². The maximum atomic E-state index is 6.16. The molecule has 3 rings (SSSR count). The fraction of sp³-hybridized carbons (Fsp3) is 0. The number of hydrogen-bond donors (Lipinski definition) is 0. The molecule has 2 nitrogen and oxygen atoms in total. The van der Waals surface area contributed by atoms with E-state index in [2.05, 4.69) is 9.97 Å². The van der Waals surface area contributed by atoms with Crippen molar-refractivity contribution in [1.29, 1.82) is 0 Å². The zero-order valence-electron chi connectivity index (χ0n) is 9.57. The van der Waals surface area contributed by atoms with Gasteiger partial charge in [-0.15, -0.1) is 0 Å². The third-order valence-electron chi connectivity index (χ3n) is 2.74. The molecule has 0 atom stereocenters. The molecule has 0 N–H and O–H groups in total. The SMILES string of the molecule is Clc1cc(Cl)cc(-c2nccc3c(Cl)ccnc23)c1. The Morgan fingerprint density at radius 2 is 1.47 bits per heavy atom. The van der Waals surface area contributed by atoms with E-state index in [-0.39, 0.29) is 0 Å². The van der Waals surface area contributed by atoms with E-state index in [1.165, 1.54) is 0 Å². The molecule has 0 aliphatic carbocycles. The summed E-state index contributed by atoms with van der Waals surface area (Å²) in [6, 6.07) is 8.87. The lowest BCUT2D eigenvalue weighted by molar-refractivity contribution is 1.31. The van der Waals surface area contributed by atoms with Gasteiger partial charge in [-0.2, -0.15) is 0 Å². The van der Waals surface area contributed by atoms with Crippen LogP contribution in [0.25, 0.3) is 22.2 Å². The third-order valence-corrected chi connectivity index (χ3v) is 3.51. The van der Waals surface area contributed by atoms with Gasteiger partial charge in [0.25, 0.3) is 0 Å². The summed E-state index contributed by atoms with van der Waals surface area (Å²) in [4.78, 5) is 8.71. The zero-order valence-corrected chi connectivity index (χ0v) is 11.8. The molecule has 0 aliphatic rings. The molecule has 0 amide bonds. The van der Waals surface area contributed by atoms with Crippen molar-refractivity contribution < 1.29 is 0 Å². The second-order valence-electron chi connectivity index (χ2n) is 4.01. The van der Waals surface area contributed by atoms with Crippen LogP contribution in [0.1, 0.15) is 0 Å². The van der Waals surface area contributed by atoms with Crippen LogP contribution in [0.5, 0.6) is 0 Å². The molecule has 0 saturated carbocycles. The molecule has 0 aliphatic heterocycles. The lowest BCUT2D eigenvalue weighted by Crippen LogP contribution is -1.89. The van der Waals surface area contributed by atoms with E-state index in [0.29, 0.717) is 20.8 Å². The summed E-state index contributed by atoms with van der Waals surface area (Å²) in [6.07, 6.45) is 3.35. The third kappa shape index (κ3) is 2.39. The highest BCUT2D eigenvalue weighted by Crippen LogP contribution is 2.31. The first-order valence-corrected chi connectivity index (χ1v) is 6.64. The minimum Gasteiger partial charge on any atom is -0.254 e. The molecule has 0 unspecified atom stereocenters. The predicted molar refractivity (Wildman–Crippen MR) is 80.0 cm³/mol. The van der Waals surface area contributed by atoms with Crippen molar-refractivity contribution in [2.24, 2.45) is 0 Å². The van der Waals surface area contributed by atoms with E-state index in [1.54, 1.807) is 36.7 Å². The summed E-state index contributed by atoms with van der Waals surface area (Å²) < 4.78 is 0. The van der Waals surface area contributed by atoms with Crippen LogP contribution in [0.15, 0.2) is 42.7 Å². The van der Waals surface area contributed by atoms with Crippen molar-refractivity contribution in [2.75, 3.05) is 0 Å². The first-order valence-electron chi connectivity index (χ1n) is 5.51. The van der Waals surface area contributed by atoms with E-state index in [0.717, 1.165) is 16.5 Å². The average molecular weight is 310 g/mol. The van der Waals surface area contributed by atoms with E-state index in [1.807, 2.05) is 6.07 Å². The number of nitrogens with zero attached hydrogens (tertiary/aromatic N) is 2. The highest BCUT2D eigenvalue weighted by molar-refractivity contribution is 6.36.